The Morgan fingerprint density at radius 2 is 2.28 bits per heavy atom. The molecule has 0 aromatic heterocycles. The number of benzene rings is 1. The molecule has 1 fully saturated rings. The summed E-state index contributed by atoms with van der Waals surface area (Å²) in [6, 6.07) is 2.99. The molecule has 0 bridgehead atoms. The number of piperidine rings is 1. The van der Waals surface area contributed by atoms with Crippen molar-refractivity contribution in [1.29, 1.82) is 0 Å². The maximum Gasteiger partial charge on any atom is 0.254 e. The summed E-state index contributed by atoms with van der Waals surface area (Å²) in [6.07, 6.45) is 1.85. The van der Waals surface area contributed by atoms with Gasteiger partial charge in [-0.25, -0.2) is 4.39 Å². The maximum atomic E-state index is 13.6. The van der Waals surface area contributed by atoms with Crippen molar-refractivity contribution >= 4 is 21.8 Å². The summed E-state index contributed by atoms with van der Waals surface area (Å²) in [5, 5.41) is 0. The Morgan fingerprint density at radius 1 is 1.56 bits per heavy atom. The zero-order chi connectivity index (χ0) is 13.3. The summed E-state index contributed by atoms with van der Waals surface area (Å²) in [7, 11) is 0. The average molecular weight is 315 g/mol. The quantitative estimate of drug-likeness (QED) is 0.865. The van der Waals surface area contributed by atoms with Gasteiger partial charge in [-0.2, -0.15) is 0 Å². The molecule has 0 aliphatic carbocycles. The third-order valence-electron chi connectivity index (χ3n) is 3.27. The van der Waals surface area contributed by atoms with Gasteiger partial charge in [0.25, 0.3) is 5.91 Å². The molecule has 2 N–H and O–H groups in total. The second-order valence-corrected chi connectivity index (χ2v) is 5.57. The van der Waals surface area contributed by atoms with Gasteiger partial charge in [0.2, 0.25) is 0 Å². The van der Waals surface area contributed by atoms with Gasteiger partial charge in [-0.1, -0.05) is 15.9 Å². The van der Waals surface area contributed by atoms with Gasteiger partial charge >= 0.3 is 0 Å². The first-order chi connectivity index (χ1) is 8.49. The van der Waals surface area contributed by atoms with E-state index in [4.69, 9.17) is 5.73 Å². The minimum absolute atomic E-state index is 0.0291. The lowest BCUT2D eigenvalue weighted by Gasteiger charge is -2.30. The van der Waals surface area contributed by atoms with Gasteiger partial charge in [-0.05, 0) is 37.5 Å². The molecular weight excluding hydrogens is 299 g/mol. The first kappa shape index (κ1) is 13.5. The number of rotatable bonds is 1. The Kier molecular flexibility index (Phi) is 4.02. The number of likely N-dealkylation sites (tertiary alicyclic amines) is 1. The average Bonchev–Trinajstić information content (AvgIpc) is 2.34. The number of hydrogen-bond acceptors (Lipinski definition) is 2. The van der Waals surface area contributed by atoms with E-state index in [1.165, 1.54) is 6.07 Å². The summed E-state index contributed by atoms with van der Waals surface area (Å²) in [5.41, 5.74) is 6.74. The van der Waals surface area contributed by atoms with Crippen LogP contribution in [0.3, 0.4) is 0 Å². The molecule has 2 rings (SSSR count). The molecule has 1 aliphatic rings. The van der Waals surface area contributed by atoms with Crippen LogP contribution in [0.15, 0.2) is 16.6 Å². The van der Waals surface area contributed by atoms with Crippen LogP contribution in [-0.4, -0.2) is 29.9 Å². The van der Waals surface area contributed by atoms with Gasteiger partial charge in [0, 0.05) is 29.2 Å². The van der Waals surface area contributed by atoms with Crippen LogP contribution >= 0.6 is 15.9 Å². The predicted octanol–water partition coefficient (Wildman–Crippen LogP) is 2.46. The fourth-order valence-corrected chi connectivity index (χ4v) is 2.58. The van der Waals surface area contributed by atoms with Crippen LogP contribution in [0.2, 0.25) is 0 Å². The van der Waals surface area contributed by atoms with E-state index in [2.05, 4.69) is 15.9 Å². The van der Waals surface area contributed by atoms with Gasteiger partial charge in [-0.3, -0.25) is 4.79 Å². The largest absolute Gasteiger partial charge is 0.337 e. The number of nitrogens with zero attached hydrogens (tertiary/aromatic N) is 1. The summed E-state index contributed by atoms with van der Waals surface area (Å²) in [4.78, 5) is 13.9. The number of halogens is 2. The van der Waals surface area contributed by atoms with Crippen molar-refractivity contribution in [2.45, 2.75) is 25.8 Å². The highest BCUT2D eigenvalue weighted by atomic mass is 79.9. The van der Waals surface area contributed by atoms with E-state index >= 15 is 0 Å². The van der Waals surface area contributed by atoms with Crippen molar-refractivity contribution in [2.24, 2.45) is 5.73 Å². The third kappa shape index (κ3) is 2.72. The van der Waals surface area contributed by atoms with Crippen LogP contribution in [0.4, 0.5) is 4.39 Å². The first-order valence-electron chi connectivity index (χ1n) is 5.99. The van der Waals surface area contributed by atoms with Crippen LogP contribution in [0, 0.1) is 12.7 Å². The van der Waals surface area contributed by atoms with Crippen molar-refractivity contribution < 1.29 is 9.18 Å². The molecule has 0 spiro atoms. The Balaban J connectivity index is 2.23. The van der Waals surface area contributed by atoms with Crippen molar-refractivity contribution in [1.82, 2.24) is 4.90 Å². The molecule has 18 heavy (non-hydrogen) atoms. The standard InChI is InChI=1S/C13H16BrFN2O/c1-8-11(14)5-9(6-12(8)15)13(18)17-4-2-3-10(16)7-17/h5-6,10H,2-4,7,16H2,1H3/t10-/m1/s1. The Morgan fingerprint density at radius 3 is 2.89 bits per heavy atom. The smallest absolute Gasteiger partial charge is 0.254 e. The monoisotopic (exact) mass is 314 g/mol. The fraction of sp³-hybridized carbons (Fsp3) is 0.462. The second kappa shape index (κ2) is 5.36. The topological polar surface area (TPSA) is 46.3 Å². The fourth-order valence-electron chi connectivity index (χ4n) is 2.15. The van der Waals surface area contributed by atoms with Gasteiger partial charge in [-0.15, -0.1) is 0 Å². The van der Waals surface area contributed by atoms with Crippen LogP contribution in [-0.2, 0) is 0 Å². The Bertz CT molecular complexity index is 455. The molecule has 1 saturated heterocycles. The highest BCUT2D eigenvalue weighted by Gasteiger charge is 2.23. The summed E-state index contributed by atoms with van der Waals surface area (Å²) in [5.74, 6) is -0.515. The van der Waals surface area contributed by atoms with E-state index < -0.39 is 0 Å². The predicted molar refractivity (Wildman–Crippen MR) is 71.9 cm³/mol. The molecule has 1 aliphatic heterocycles. The van der Waals surface area contributed by atoms with Crippen LogP contribution in [0.25, 0.3) is 0 Å². The molecule has 0 radical (unpaired) electrons. The zero-order valence-electron chi connectivity index (χ0n) is 10.2. The summed E-state index contributed by atoms with van der Waals surface area (Å²) in [6.45, 7) is 2.91. The Hall–Kier alpha value is -0.940. The Labute approximate surface area is 114 Å². The summed E-state index contributed by atoms with van der Waals surface area (Å²) >= 11 is 3.27. The molecule has 5 heteroatoms. The van der Waals surface area contributed by atoms with Crippen molar-refractivity contribution in [3.8, 4) is 0 Å². The van der Waals surface area contributed by atoms with Crippen molar-refractivity contribution in [2.75, 3.05) is 13.1 Å². The van der Waals surface area contributed by atoms with E-state index in [1.54, 1.807) is 17.9 Å². The molecule has 0 unspecified atom stereocenters. The lowest BCUT2D eigenvalue weighted by Crippen LogP contribution is -2.45. The molecule has 1 atom stereocenters. The van der Waals surface area contributed by atoms with Gasteiger partial charge < -0.3 is 10.6 Å². The second-order valence-electron chi connectivity index (χ2n) is 4.72. The number of carbonyl (C=O) groups excluding carboxylic acids is 1. The third-order valence-corrected chi connectivity index (χ3v) is 4.10. The van der Waals surface area contributed by atoms with E-state index in [1.807, 2.05) is 0 Å². The lowest BCUT2D eigenvalue weighted by molar-refractivity contribution is 0.0708. The number of carbonyl (C=O) groups is 1. The molecule has 1 aromatic carbocycles. The molecule has 1 aromatic rings. The SMILES string of the molecule is Cc1c(F)cc(C(=O)N2CCC[C@@H](N)C2)cc1Br. The van der Waals surface area contributed by atoms with Gasteiger partial charge in [0.15, 0.2) is 0 Å². The maximum absolute atomic E-state index is 13.6. The molecule has 0 saturated carbocycles. The lowest BCUT2D eigenvalue weighted by atomic mass is 10.0. The van der Waals surface area contributed by atoms with Gasteiger partial charge in [0.05, 0.1) is 0 Å². The number of nitrogens with two attached hydrogens (primary N) is 1. The number of hydrogen-bond donors (Lipinski definition) is 1. The highest BCUT2D eigenvalue weighted by Crippen LogP contribution is 2.22. The van der Waals surface area contributed by atoms with Crippen LogP contribution in [0.5, 0.6) is 0 Å². The van der Waals surface area contributed by atoms with E-state index in [0.29, 0.717) is 28.7 Å². The van der Waals surface area contributed by atoms with E-state index in [0.717, 1.165) is 12.8 Å². The van der Waals surface area contributed by atoms with E-state index in [-0.39, 0.29) is 17.8 Å². The normalized spacial score (nSPS) is 20.0. The van der Waals surface area contributed by atoms with E-state index in [9.17, 15) is 9.18 Å². The zero-order valence-corrected chi connectivity index (χ0v) is 11.8. The molecule has 1 heterocycles. The highest BCUT2D eigenvalue weighted by molar-refractivity contribution is 9.10. The van der Waals surface area contributed by atoms with Crippen LogP contribution < -0.4 is 5.73 Å². The molecule has 1 amide bonds. The molecule has 98 valence electrons. The summed E-state index contributed by atoms with van der Waals surface area (Å²) < 4.78 is 14.2. The molecule has 3 nitrogen and oxygen atoms in total. The van der Waals surface area contributed by atoms with Gasteiger partial charge in [0.1, 0.15) is 5.82 Å². The van der Waals surface area contributed by atoms with Crippen LogP contribution in [0.1, 0.15) is 28.8 Å². The van der Waals surface area contributed by atoms with Crippen molar-refractivity contribution in [3.63, 3.8) is 0 Å². The number of amides is 1. The minimum Gasteiger partial charge on any atom is -0.337 e. The minimum atomic E-state index is -0.367. The van der Waals surface area contributed by atoms with Crippen molar-refractivity contribution in [3.05, 3.63) is 33.5 Å². The molecular formula is C13H16BrFN2O. The first-order valence-corrected chi connectivity index (χ1v) is 6.79.